The van der Waals surface area contributed by atoms with Gasteiger partial charge in [-0.15, -0.1) is 0 Å². The van der Waals surface area contributed by atoms with Crippen molar-refractivity contribution in [3.63, 3.8) is 0 Å². The summed E-state index contributed by atoms with van der Waals surface area (Å²) in [5.41, 5.74) is 2.67. The molecule has 0 unspecified atom stereocenters. The topological polar surface area (TPSA) is 57.8 Å². The summed E-state index contributed by atoms with van der Waals surface area (Å²) in [7, 11) is 0. The second-order valence-corrected chi connectivity index (χ2v) is 5.11. The van der Waals surface area contributed by atoms with E-state index in [1.165, 1.54) is 0 Å². The summed E-state index contributed by atoms with van der Waals surface area (Å²) in [5.74, 6) is 0.413. The van der Waals surface area contributed by atoms with Crippen LogP contribution in [-0.4, -0.2) is 16.1 Å². The SMILES string of the molecule is Cc1[nH]nc(NC(=O)Cc2ccc(Cl)c(Cl)c2)c1C. The van der Waals surface area contributed by atoms with Crippen LogP contribution >= 0.6 is 23.2 Å². The molecule has 1 heterocycles. The lowest BCUT2D eigenvalue weighted by Gasteiger charge is -2.04. The Kier molecular flexibility index (Phi) is 4.12. The van der Waals surface area contributed by atoms with Gasteiger partial charge in [0.15, 0.2) is 5.82 Å². The molecule has 4 nitrogen and oxygen atoms in total. The Bertz CT molecular complexity index is 622. The van der Waals surface area contributed by atoms with Crippen molar-refractivity contribution in [1.82, 2.24) is 10.2 Å². The third-order valence-electron chi connectivity index (χ3n) is 2.86. The van der Waals surface area contributed by atoms with E-state index in [9.17, 15) is 4.79 Å². The van der Waals surface area contributed by atoms with Crippen molar-refractivity contribution in [2.45, 2.75) is 20.3 Å². The molecule has 0 bridgehead atoms. The molecule has 0 fully saturated rings. The summed E-state index contributed by atoms with van der Waals surface area (Å²) < 4.78 is 0. The predicted octanol–water partition coefficient (Wildman–Crippen LogP) is 3.51. The van der Waals surface area contributed by atoms with E-state index in [1.54, 1.807) is 18.2 Å². The second kappa shape index (κ2) is 5.63. The van der Waals surface area contributed by atoms with Gasteiger partial charge in [0.2, 0.25) is 5.91 Å². The maximum atomic E-state index is 11.9. The van der Waals surface area contributed by atoms with E-state index in [0.717, 1.165) is 16.8 Å². The first kappa shape index (κ1) is 13.9. The van der Waals surface area contributed by atoms with E-state index in [2.05, 4.69) is 15.5 Å². The first-order valence-corrected chi connectivity index (χ1v) is 6.48. The molecule has 6 heteroatoms. The molecule has 2 rings (SSSR count). The van der Waals surface area contributed by atoms with E-state index in [0.29, 0.717) is 15.9 Å². The molecule has 1 amide bonds. The summed E-state index contributed by atoms with van der Waals surface area (Å²) in [6.07, 6.45) is 0.224. The Balaban J connectivity index is 2.05. The first-order chi connectivity index (χ1) is 8.97. The smallest absolute Gasteiger partial charge is 0.230 e. The molecule has 1 aromatic heterocycles. The van der Waals surface area contributed by atoms with Crippen LogP contribution in [0.1, 0.15) is 16.8 Å². The van der Waals surface area contributed by atoms with Crippen LogP contribution in [0.25, 0.3) is 0 Å². The average molecular weight is 298 g/mol. The lowest BCUT2D eigenvalue weighted by Crippen LogP contribution is -2.15. The Morgan fingerprint density at radius 2 is 2.05 bits per heavy atom. The monoisotopic (exact) mass is 297 g/mol. The van der Waals surface area contributed by atoms with Gasteiger partial charge < -0.3 is 5.32 Å². The summed E-state index contributed by atoms with van der Waals surface area (Å²) in [4.78, 5) is 11.9. The molecule has 100 valence electrons. The van der Waals surface area contributed by atoms with Gasteiger partial charge in [-0.25, -0.2) is 0 Å². The molecule has 0 atom stereocenters. The predicted molar refractivity (Wildman–Crippen MR) is 76.9 cm³/mol. The minimum Gasteiger partial charge on any atom is -0.309 e. The number of benzene rings is 1. The number of aromatic nitrogens is 2. The first-order valence-electron chi connectivity index (χ1n) is 5.72. The van der Waals surface area contributed by atoms with Gasteiger partial charge in [-0.05, 0) is 31.5 Å². The van der Waals surface area contributed by atoms with Gasteiger partial charge in [-0.2, -0.15) is 5.10 Å². The fourth-order valence-electron chi connectivity index (χ4n) is 1.62. The van der Waals surface area contributed by atoms with Gasteiger partial charge in [0.25, 0.3) is 0 Å². The zero-order valence-electron chi connectivity index (χ0n) is 10.6. The van der Waals surface area contributed by atoms with Crippen molar-refractivity contribution in [3.05, 3.63) is 45.1 Å². The molecule has 0 aliphatic heterocycles. The number of nitrogens with one attached hydrogen (secondary N) is 2. The molecule has 0 aliphatic carbocycles. The number of rotatable bonds is 3. The van der Waals surface area contributed by atoms with E-state index < -0.39 is 0 Å². The Labute approximate surface area is 121 Å². The normalized spacial score (nSPS) is 10.5. The highest BCUT2D eigenvalue weighted by Crippen LogP contribution is 2.23. The van der Waals surface area contributed by atoms with Gasteiger partial charge >= 0.3 is 0 Å². The number of amides is 1. The number of aromatic amines is 1. The zero-order chi connectivity index (χ0) is 14.0. The van der Waals surface area contributed by atoms with Gasteiger partial charge in [-0.1, -0.05) is 29.3 Å². The average Bonchev–Trinajstić information content (AvgIpc) is 2.66. The summed E-state index contributed by atoms with van der Waals surface area (Å²) in [6.45, 7) is 3.80. The third kappa shape index (κ3) is 3.28. The highest BCUT2D eigenvalue weighted by atomic mass is 35.5. The molecule has 2 N–H and O–H groups in total. The van der Waals surface area contributed by atoms with Crippen LogP contribution in [0.15, 0.2) is 18.2 Å². The minimum absolute atomic E-state index is 0.145. The number of aryl methyl sites for hydroxylation is 1. The Morgan fingerprint density at radius 1 is 1.32 bits per heavy atom. The highest BCUT2D eigenvalue weighted by molar-refractivity contribution is 6.42. The number of nitrogens with zero attached hydrogens (tertiary/aromatic N) is 1. The second-order valence-electron chi connectivity index (χ2n) is 4.30. The van der Waals surface area contributed by atoms with E-state index in [4.69, 9.17) is 23.2 Å². The van der Waals surface area contributed by atoms with E-state index in [-0.39, 0.29) is 12.3 Å². The maximum absolute atomic E-state index is 11.9. The number of H-pyrrole nitrogens is 1. The molecule has 1 aromatic carbocycles. The van der Waals surface area contributed by atoms with Gasteiger partial charge in [0.05, 0.1) is 16.5 Å². The third-order valence-corrected chi connectivity index (χ3v) is 3.60. The van der Waals surface area contributed by atoms with Crippen LogP contribution in [0.2, 0.25) is 10.0 Å². The molecule has 0 saturated carbocycles. The zero-order valence-corrected chi connectivity index (χ0v) is 12.1. The van der Waals surface area contributed by atoms with Crippen LogP contribution in [0.5, 0.6) is 0 Å². The van der Waals surface area contributed by atoms with Gasteiger partial charge in [0.1, 0.15) is 0 Å². The fourth-order valence-corrected chi connectivity index (χ4v) is 1.94. The molecule has 2 aromatic rings. The summed E-state index contributed by atoms with van der Waals surface area (Å²) in [5, 5.41) is 10.5. The number of halogens is 2. The summed E-state index contributed by atoms with van der Waals surface area (Å²) >= 11 is 11.7. The molecule has 0 saturated heterocycles. The van der Waals surface area contributed by atoms with Crippen LogP contribution in [0.3, 0.4) is 0 Å². The standard InChI is InChI=1S/C13H13Cl2N3O/c1-7-8(2)17-18-13(7)16-12(19)6-9-3-4-10(14)11(15)5-9/h3-5H,6H2,1-2H3,(H2,16,17,18,19). The number of hydrogen-bond donors (Lipinski definition) is 2. The van der Waals surface area contributed by atoms with Crippen molar-refractivity contribution >= 4 is 34.9 Å². The highest BCUT2D eigenvalue weighted by Gasteiger charge is 2.10. The van der Waals surface area contributed by atoms with E-state index >= 15 is 0 Å². The molecule has 0 aliphatic rings. The number of carbonyl (C=O) groups is 1. The van der Waals surface area contributed by atoms with Crippen molar-refractivity contribution in [1.29, 1.82) is 0 Å². The molecular formula is C13H13Cl2N3O. The van der Waals surface area contributed by atoms with Crippen molar-refractivity contribution in [2.24, 2.45) is 0 Å². The number of hydrogen-bond acceptors (Lipinski definition) is 2. The molecule has 0 spiro atoms. The van der Waals surface area contributed by atoms with E-state index in [1.807, 2.05) is 13.8 Å². The summed E-state index contributed by atoms with van der Waals surface area (Å²) in [6, 6.07) is 5.14. The fraction of sp³-hybridized carbons (Fsp3) is 0.231. The number of carbonyl (C=O) groups excluding carboxylic acids is 1. The largest absolute Gasteiger partial charge is 0.309 e. The lowest BCUT2D eigenvalue weighted by atomic mass is 10.1. The van der Waals surface area contributed by atoms with Crippen molar-refractivity contribution in [3.8, 4) is 0 Å². The van der Waals surface area contributed by atoms with Crippen LogP contribution in [0, 0.1) is 13.8 Å². The minimum atomic E-state index is -0.145. The van der Waals surface area contributed by atoms with Gasteiger partial charge in [0, 0.05) is 11.3 Å². The van der Waals surface area contributed by atoms with Crippen LogP contribution in [-0.2, 0) is 11.2 Å². The van der Waals surface area contributed by atoms with Crippen molar-refractivity contribution < 1.29 is 4.79 Å². The van der Waals surface area contributed by atoms with Gasteiger partial charge in [-0.3, -0.25) is 9.89 Å². The Morgan fingerprint density at radius 3 is 2.63 bits per heavy atom. The molecule has 19 heavy (non-hydrogen) atoms. The molecular weight excluding hydrogens is 285 g/mol. The lowest BCUT2D eigenvalue weighted by molar-refractivity contribution is -0.115. The Hall–Kier alpha value is -1.52. The maximum Gasteiger partial charge on any atom is 0.230 e. The quantitative estimate of drug-likeness (QED) is 0.911. The number of anilines is 1. The van der Waals surface area contributed by atoms with Crippen molar-refractivity contribution in [2.75, 3.05) is 5.32 Å². The van der Waals surface area contributed by atoms with Crippen LogP contribution < -0.4 is 5.32 Å². The van der Waals surface area contributed by atoms with Crippen LogP contribution in [0.4, 0.5) is 5.82 Å². The molecule has 0 radical (unpaired) electrons.